The van der Waals surface area contributed by atoms with E-state index in [1.54, 1.807) is 12.1 Å². The van der Waals surface area contributed by atoms with Crippen LogP contribution >= 0.6 is 0 Å². The van der Waals surface area contributed by atoms with Gasteiger partial charge < -0.3 is 0 Å². The molecule has 2 heteroatoms. The van der Waals surface area contributed by atoms with Crippen LogP contribution in [0.3, 0.4) is 0 Å². The molecular weight excluding hydrogens is 191 g/mol. The first-order valence-corrected chi connectivity index (χ1v) is 5.44. The van der Waals surface area contributed by atoms with Crippen molar-refractivity contribution in [3.05, 3.63) is 35.1 Å². The van der Waals surface area contributed by atoms with E-state index < -0.39 is 5.82 Å². The lowest BCUT2D eigenvalue weighted by Gasteiger charge is -2.03. The fourth-order valence-corrected chi connectivity index (χ4v) is 1.52. The maximum atomic E-state index is 13.3. The molecule has 1 aromatic rings. The minimum absolute atomic E-state index is 0.0790. The first-order valence-electron chi connectivity index (χ1n) is 5.44. The molecule has 0 N–H and O–H groups in total. The van der Waals surface area contributed by atoms with Crippen molar-refractivity contribution in [2.75, 3.05) is 0 Å². The van der Waals surface area contributed by atoms with Crippen molar-refractivity contribution in [1.29, 1.82) is 0 Å². The average Bonchev–Trinajstić information content (AvgIpc) is 2.22. The summed E-state index contributed by atoms with van der Waals surface area (Å²) in [5.41, 5.74) is 1.17. The first kappa shape index (κ1) is 11.9. The minimum Gasteiger partial charge on any atom is -0.294 e. The summed E-state index contributed by atoms with van der Waals surface area (Å²) in [6.45, 7) is 3.94. The molecule has 15 heavy (non-hydrogen) atoms. The molecule has 0 radical (unpaired) electrons. The van der Waals surface area contributed by atoms with Gasteiger partial charge in [0.15, 0.2) is 5.78 Å². The molecular formula is C13H17FO. The molecule has 1 rings (SSSR count). The Morgan fingerprint density at radius 3 is 2.73 bits per heavy atom. The number of ketones is 1. The molecule has 1 nitrogen and oxygen atoms in total. The van der Waals surface area contributed by atoms with Crippen LogP contribution in [0.4, 0.5) is 4.39 Å². The van der Waals surface area contributed by atoms with Crippen LogP contribution in [0.1, 0.15) is 48.5 Å². The number of hydrogen-bond acceptors (Lipinski definition) is 1. The molecule has 0 saturated heterocycles. The number of benzene rings is 1. The number of hydrogen-bond donors (Lipinski definition) is 0. The number of carbonyl (C=O) groups excluding carboxylic acids is 1. The van der Waals surface area contributed by atoms with E-state index in [1.807, 2.05) is 6.92 Å². The number of carbonyl (C=O) groups is 1. The molecule has 0 atom stereocenters. The summed E-state index contributed by atoms with van der Waals surface area (Å²) in [5.74, 6) is -0.480. The van der Waals surface area contributed by atoms with Crippen molar-refractivity contribution in [1.82, 2.24) is 0 Å². The van der Waals surface area contributed by atoms with Crippen molar-refractivity contribution >= 4 is 5.78 Å². The summed E-state index contributed by atoms with van der Waals surface area (Å²) in [6, 6.07) is 4.67. The monoisotopic (exact) mass is 208 g/mol. The summed E-state index contributed by atoms with van der Waals surface area (Å²) in [5, 5.41) is 0. The Morgan fingerprint density at radius 1 is 1.33 bits per heavy atom. The maximum absolute atomic E-state index is 13.3. The molecule has 0 saturated carbocycles. The van der Waals surface area contributed by atoms with E-state index in [-0.39, 0.29) is 11.3 Å². The van der Waals surface area contributed by atoms with E-state index in [2.05, 4.69) is 6.92 Å². The van der Waals surface area contributed by atoms with Gasteiger partial charge in [-0.3, -0.25) is 4.79 Å². The summed E-state index contributed by atoms with van der Waals surface area (Å²) >= 11 is 0. The van der Waals surface area contributed by atoms with E-state index in [1.165, 1.54) is 6.07 Å². The van der Waals surface area contributed by atoms with Gasteiger partial charge in [-0.2, -0.15) is 0 Å². The SMILES string of the molecule is CCCCCC(=O)c1cc(C)ccc1F. The molecule has 0 aliphatic heterocycles. The number of unbranched alkanes of at least 4 members (excludes halogenated alkanes) is 2. The van der Waals surface area contributed by atoms with Gasteiger partial charge in [-0.1, -0.05) is 31.4 Å². The first-order chi connectivity index (χ1) is 7.15. The van der Waals surface area contributed by atoms with Gasteiger partial charge >= 0.3 is 0 Å². The fraction of sp³-hybridized carbons (Fsp3) is 0.462. The number of rotatable bonds is 5. The van der Waals surface area contributed by atoms with Gasteiger partial charge in [-0.05, 0) is 25.5 Å². The normalized spacial score (nSPS) is 10.3. The second-order valence-corrected chi connectivity index (χ2v) is 3.86. The predicted octanol–water partition coefficient (Wildman–Crippen LogP) is 3.90. The summed E-state index contributed by atoms with van der Waals surface area (Å²) in [7, 11) is 0. The second-order valence-electron chi connectivity index (χ2n) is 3.86. The van der Waals surface area contributed by atoms with Gasteiger partial charge in [0.2, 0.25) is 0 Å². The lowest BCUT2D eigenvalue weighted by atomic mass is 10.0. The second kappa shape index (κ2) is 5.64. The Morgan fingerprint density at radius 2 is 2.07 bits per heavy atom. The molecule has 0 fully saturated rings. The molecule has 0 spiro atoms. The predicted molar refractivity (Wildman–Crippen MR) is 59.6 cm³/mol. The Hall–Kier alpha value is -1.18. The number of Topliss-reactive ketones (excluding diaryl/α,β-unsaturated/α-hetero) is 1. The van der Waals surface area contributed by atoms with Gasteiger partial charge in [0.05, 0.1) is 5.56 Å². The quantitative estimate of drug-likeness (QED) is 0.530. The molecule has 0 aromatic heterocycles. The van der Waals surface area contributed by atoms with E-state index in [4.69, 9.17) is 0 Å². The summed E-state index contributed by atoms with van der Waals surface area (Å²) < 4.78 is 13.3. The van der Waals surface area contributed by atoms with E-state index in [0.717, 1.165) is 24.8 Å². The Kier molecular flexibility index (Phi) is 4.47. The zero-order chi connectivity index (χ0) is 11.3. The highest BCUT2D eigenvalue weighted by molar-refractivity contribution is 5.96. The van der Waals surface area contributed by atoms with Crippen molar-refractivity contribution in [3.8, 4) is 0 Å². The minimum atomic E-state index is -0.401. The highest BCUT2D eigenvalue weighted by Crippen LogP contribution is 2.14. The number of halogens is 1. The van der Waals surface area contributed by atoms with Crippen molar-refractivity contribution < 1.29 is 9.18 Å². The topological polar surface area (TPSA) is 17.1 Å². The van der Waals surface area contributed by atoms with Crippen LogP contribution in [0.5, 0.6) is 0 Å². The Balaban J connectivity index is 2.68. The molecule has 0 unspecified atom stereocenters. The highest BCUT2D eigenvalue weighted by Gasteiger charge is 2.10. The lowest BCUT2D eigenvalue weighted by Crippen LogP contribution is -2.02. The van der Waals surface area contributed by atoms with Crippen molar-refractivity contribution in [3.63, 3.8) is 0 Å². The smallest absolute Gasteiger partial charge is 0.165 e. The van der Waals surface area contributed by atoms with Crippen LogP contribution in [-0.2, 0) is 0 Å². The van der Waals surface area contributed by atoms with Crippen LogP contribution in [-0.4, -0.2) is 5.78 Å². The number of aryl methyl sites for hydroxylation is 1. The van der Waals surface area contributed by atoms with E-state index >= 15 is 0 Å². The van der Waals surface area contributed by atoms with Crippen molar-refractivity contribution in [2.24, 2.45) is 0 Å². The molecule has 0 amide bonds. The van der Waals surface area contributed by atoms with Crippen LogP contribution in [0.15, 0.2) is 18.2 Å². The third-order valence-electron chi connectivity index (χ3n) is 2.43. The third kappa shape index (κ3) is 3.46. The molecule has 0 heterocycles. The van der Waals surface area contributed by atoms with Gasteiger partial charge in [-0.15, -0.1) is 0 Å². The molecule has 0 aliphatic rings. The van der Waals surface area contributed by atoms with Crippen LogP contribution in [0.2, 0.25) is 0 Å². The van der Waals surface area contributed by atoms with E-state index in [0.29, 0.717) is 6.42 Å². The molecule has 82 valence electrons. The largest absolute Gasteiger partial charge is 0.294 e. The van der Waals surface area contributed by atoms with Crippen LogP contribution < -0.4 is 0 Å². The summed E-state index contributed by atoms with van der Waals surface area (Å²) in [4.78, 5) is 11.7. The van der Waals surface area contributed by atoms with Crippen LogP contribution in [0, 0.1) is 12.7 Å². The third-order valence-corrected chi connectivity index (χ3v) is 2.43. The van der Waals surface area contributed by atoms with Gasteiger partial charge in [0.25, 0.3) is 0 Å². The van der Waals surface area contributed by atoms with Gasteiger partial charge in [0, 0.05) is 6.42 Å². The molecule has 0 bridgehead atoms. The Labute approximate surface area is 90.3 Å². The molecule has 0 aliphatic carbocycles. The maximum Gasteiger partial charge on any atom is 0.165 e. The van der Waals surface area contributed by atoms with Crippen LogP contribution in [0.25, 0.3) is 0 Å². The van der Waals surface area contributed by atoms with Crippen molar-refractivity contribution in [2.45, 2.75) is 39.5 Å². The standard InChI is InChI=1S/C13H17FO/c1-3-4-5-6-13(15)11-9-10(2)7-8-12(11)14/h7-9H,3-6H2,1-2H3. The van der Waals surface area contributed by atoms with Gasteiger partial charge in [0.1, 0.15) is 5.82 Å². The fourth-order valence-electron chi connectivity index (χ4n) is 1.52. The van der Waals surface area contributed by atoms with Gasteiger partial charge in [-0.25, -0.2) is 4.39 Å². The highest BCUT2D eigenvalue weighted by atomic mass is 19.1. The zero-order valence-electron chi connectivity index (χ0n) is 9.35. The average molecular weight is 208 g/mol. The zero-order valence-corrected chi connectivity index (χ0v) is 9.35. The summed E-state index contributed by atoms with van der Waals surface area (Å²) in [6.07, 6.45) is 3.40. The Bertz CT molecular complexity index is 344. The molecule has 1 aromatic carbocycles. The van der Waals surface area contributed by atoms with E-state index in [9.17, 15) is 9.18 Å². The lowest BCUT2D eigenvalue weighted by molar-refractivity contribution is 0.0975.